The van der Waals surface area contributed by atoms with E-state index in [1.54, 1.807) is 0 Å². The Morgan fingerprint density at radius 3 is 0.750 bits per heavy atom. The van der Waals surface area contributed by atoms with Crippen molar-refractivity contribution >= 4 is 111 Å². The molecule has 0 aromatic heterocycles. The molecular weight excluding hydrogens is 773 g/mol. The third-order valence-electron chi connectivity index (χ3n) is 12.8. The van der Waals surface area contributed by atoms with Crippen LogP contribution in [0.5, 0.6) is 0 Å². The lowest BCUT2D eigenvalue weighted by atomic mass is 9.90. The SMILES string of the molecule is C(=Cc1cc2c3ccccc3c(N(c3ccccc3)c3ccccc3)cc2c2ccccc12)c1cc2c3ccccc3c(N(c3ccccc3)c3ccccc3)cc2c2ccccc12. The lowest BCUT2D eigenvalue weighted by molar-refractivity contribution is 1.30. The quantitative estimate of drug-likeness (QED) is 0.111. The fourth-order valence-electron chi connectivity index (χ4n) is 9.91. The molecule has 0 bridgehead atoms. The smallest absolute Gasteiger partial charge is 0.0546 e. The second-order valence-corrected chi connectivity index (χ2v) is 16.4. The summed E-state index contributed by atoms with van der Waals surface area (Å²) < 4.78 is 0. The average molecular weight is 815 g/mol. The zero-order valence-electron chi connectivity index (χ0n) is 35.1. The van der Waals surface area contributed by atoms with Crippen LogP contribution in [0, 0.1) is 0 Å². The first-order valence-electron chi connectivity index (χ1n) is 22.0. The lowest BCUT2D eigenvalue weighted by Crippen LogP contribution is -2.10. The molecule has 0 N–H and O–H groups in total. The Bertz CT molecular complexity index is 3380. The van der Waals surface area contributed by atoms with E-state index in [1.807, 2.05) is 0 Å². The van der Waals surface area contributed by atoms with Gasteiger partial charge in [-0.3, -0.25) is 0 Å². The molecule has 0 amide bonds. The van der Waals surface area contributed by atoms with Gasteiger partial charge in [-0.1, -0.05) is 182 Å². The van der Waals surface area contributed by atoms with Gasteiger partial charge in [-0.25, -0.2) is 0 Å². The van der Waals surface area contributed by atoms with Gasteiger partial charge in [0.15, 0.2) is 0 Å². The zero-order chi connectivity index (χ0) is 42.4. The maximum atomic E-state index is 2.41. The summed E-state index contributed by atoms with van der Waals surface area (Å²) >= 11 is 0. The molecular formula is C62H42N2. The van der Waals surface area contributed by atoms with Crippen LogP contribution in [0.15, 0.2) is 243 Å². The highest BCUT2D eigenvalue weighted by atomic mass is 15.1. The van der Waals surface area contributed by atoms with E-state index < -0.39 is 0 Å². The first-order chi connectivity index (χ1) is 31.8. The first kappa shape index (κ1) is 37.3. The van der Waals surface area contributed by atoms with E-state index >= 15 is 0 Å². The molecule has 0 aliphatic carbocycles. The molecule has 12 rings (SSSR count). The fraction of sp³-hybridized carbons (Fsp3) is 0. The van der Waals surface area contributed by atoms with Crippen molar-refractivity contribution in [1.82, 2.24) is 0 Å². The van der Waals surface area contributed by atoms with Gasteiger partial charge in [0.2, 0.25) is 0 Å². The van der Waals surface area contributed by atoms with E-state index in [9.17, 15) is 0 Å². The second kappa shape index (κ2) is 15.8. The maximum Gasteiger partial charge on any atom is 0.0546 e. The van der Waals surface area contributed by atoms with Crippen molar-refractivity contribution in [3.8, 4) is 0 Å². The second-order valence-electron chi connectivity index (χ2n) is 16.4. The van der Waals surface area contributed by atoms with Gasteiger partial charge in [0.25, 0.3) is 0 Å². The summed E-state index contributed by atoms with van der Waals surface area (Å²) in [5, 5.41) is 14.7. The maximum absolute atomic E-state index is 2.41. The molecule has 300 valence electrons. The molecule has 0 aliphatic heterocycles. The highest BCUT2D eigenvalue weighted by Crippen LogP contribution is 2.46. The number of anilines is 6. The summed E-state index contributed by atoms with van der Waals surface area (Å²) in [6.07, 6.45) is 4.67. The van der Waals surface area contributed by atoms with Gasteiger partial charge < -0.3 is 9.80 Å². The predicted octanol–water partition coefficient (Wildman–Crippen LogP) is 17.7. The Labute approximate surface area is 372 Å². The fourth-order valence-corrected chi connectivity index (χ4v) is 9.91. The molecule has 0 aliphatic rings. The van der Waals surface area contributed by atoms with Crippen LogP contribution in [-0.2, 0) is 0 Å². The number of para-hydroxylation sites is 4. The van der Waals surface area contributed by atoms with Crippen molar-refractivity contribution in [1.29, 1.82) is 0 Å². The normalized spacial score (nSPS) is 11.7. The third kappa shape index (κ3) is 6.35. The van der Waals surface area contributed by atoms with Crippen LogP contribution in [0.25, 0.3) is 76.8 Å². The van der Waals surface area contributed by atoms with Crippen LogP contribution < -0.4 is 9.80 Å². The minimum Gasteiger partial charge on any atom is -0.310 e. The summed E-state index contributed by atoms with van der Waals surface area (Å²) in [6.45, 7) is 0. The number of benzene rings is 12. The summed E-state index contributed by atoms with van der Waals surface area (Å²) in [5.41, 5.74) is 9.18. The number of nitrogens with zero attached hydrogens (tertiary/aromatic N) is 2. The number of hydrogen-bond acceptors (Lipinski definition) is 2. The molecule has 12 aromatic carbocycles. The van der Waals surface area contributed by atoms with Crippen LogP contribution in [-0.4, -0.2) is 0 Å². The summed E-state index contributed by atoms with van der Waals surface area (Å²) in [4.78, 5) is 4.78. The molecule has 2 heteroatoms. The molecule has 0 heterocycles. The number of hydrogen-bond donors (Lipinski definition) is 0. The molecule has 0 saturated heterocycles. The summed E-state index contributed by atoms with van der Waals surface area (Å²) in [7, 11) is 0. The average Bonchev–Trinajstić information content (AvgIpc) is 3.37. The number of fused-ring (bicyclic) bond motifs is 10. The minimum absolute atomic E-state index is 1.12. The Kier molecular flexibility index (Phi) is 9.20. The Hall–Kier alpha value is -8.46. The van der Waals surface area contributed by atoms with E-state index in [-0.39, 0.29) is 0 Å². The van der Waals surface area contributed by atoms with E-state index in [1.165, 1.54) is 75.8 Å². The van der Waals surface area contributed by atoms with Crippen LogP contribution in [0.3, 0.4) is 0 Å². The molecule has 0 atom stereocenters. The Morgan fingerprint density at radius 2 is 0.438 bits per heavy atom. The number of rotatable bonds is 8. The van der Waals surface area contributed by atoms with Crippen molar-refractivity contribution < 1.29 is 0 Å². The Balaban J connectivity index is 1.06. The summed E-state index contributed by atoms with van der Waals surface area (Å²) in [5.74, 6) is 0. The van der Waals surface area contributed by atoms with Crippen molar-refractivity contribution in [3.63, 3.8) is 0 Å². The summed E-state index contributed by atoms with van der Waals surface area (Å²) in [6, 6.07) is 88.0. The van der Waals surface area contributed by atoms with E-state index in [0.29, 0.717) is 0 Å². The molecule has 2 nitrogen and oxygen atoms in total. The topological polar surface area (TPSA) is 6.48 Å². The van der Waals surface area contributed by atoms with Gasteiger partial charge in [0.1, 0.15) is 0 Å². The highest BCUT2D eigenvalue weighted by Gasteiger charge is 2.21. The molecule has 0 spiro atoms. The van der Waals surface area contributed by atoms with Gasteiger partial charge in [-0.2, -0.15) is 0 Å². The highest BCUT2D eigenvalue weighted by molar-refractivity contribution is 6.25. The van der Waals surface area contributed by atoms with E-state index in [2.05, 4.69) is 265 Å². The van der Waals surface area contributed by atoms with Gasteiger partial charge in [-0.05, 0) is 138 Å². The Morgan fingerprint density at radius 1 is 0.203 bits per heavy atom. The van der Waals surface area contributed by atoms with Crippen LogP contribution in [0.1, 0.15) is 11.1 Å². The molecule has 64 heavy (non-hydrogen) atoms. The predicted molar refractivity (Wildman–Crippen MR) is 276 cm³/mol. The first-order valence-corrected chi connectivity index (χ1v) is 22.0. The third-order valence-corrected chi connectivity index (χ3v) is 12.8. The standard InChI is InChI=1S/C62H42N2/c1-5-21-45(22-6-1)63(46-23-7-2-8-24-46)61-41-59-51-31-15-13-29-49(51)43(39-57(59)53-33-17-19-35-55(53)61)37-38-44-40-58-54-34-18-20-36-56(54)62(42-60(58)52-32-16-14-30-50(44)52)64(47-25-9-3-10-26-47)48-27-11-4-12-28-48/h1-42H. The van der Waals surface area contributed by atoms with Crippen molar-refractivity contribution in [2.24, 2.45) is 0 Å². The van der Waals surface area contributed by atoms with Crippen LogP contribution in [0.4, 0.5) is 34.1 Å². The molecule has 0 fully saturated rings. The van der Waals surface area contributed by atoms with Gasteiger partial charge in [-0.15, -0.1) is 0 Å². The van der Waals surface area contributed by atoms with Crippen LogP contribution >= 0.6 is 0 Å². The van der Waals surface area contributed by atoms with Crippen molar-refractivity contribution in [3.05, 3.63) is 254 Å². The lowest BCUT2D eigenvalue weighted by Gasteiger charge is -2.28. The van der Waals surface area contributed by atoms with Gasteiger partial charge in [0, 0.05) is 33.5 Å². The minimum atomic E-state index is 1.12. The monoisotopic (exact) mass is 814 g/mol. The van der Waals surface area contributed by atoms with Crippen LogP contribution in [0.2, 0.25) is 0 Å². The van der Waals surface area contributed by atoms with Crippen molar-refractivity contribution in [2.45, 2.75) is 0 Å². The van der Waals surface area contributed by atoms with E-state index in [4.69, 9.17) is 0 Å². The van der Waals surface area contributed by atoms with Gasteiger partial charge in [0.05, 0.1) is 11.4 Å². The molecule has 0 radical (unpaired) electrons. The zero-order valence-corrected chi connectivity index (χ0v) is 35.1. The molecule has 0 saturated carbocycles. The van der Waals surface area contributed by atoms with Gasteiger partial charge >= 0.3 is 0 Å². The van der Waals surface area contributed by atoms with E-state index in [0.717, 1.165) is 34.1 Å². The largest absolute Gasteiger partial charge is 0.310 e. The molecule has 0 unspecified atom stereocenters. The molecule has 12 aromatic rings. The van der Waals surface area contributed by atoms with Crippen molar-refractivity contribution in [2.75, 3.05) is 9.80 Å².